The predicted molar refractivity (Wildman–Crippen MR) is 78.6 cm³/mol. The smallest absolute Gasteiger partial charge is 0.412 e. The van der Waals surface area contributed by atoms with E-state index in [0.29, 0.717) is 18.9 Å². The fourth-order valence-electron chi connectivity index (χ4n) is 1.59. The summed E-state index contributed by atoms with van der Waals surface area (Å²) in [6, 6.07) is 2.79. The Kier molecular flexibility index (Phi) is 5.81. The van der Waals surface area contributed by atoms with Crippen molar-refractivity contribution in [1.82, 2.24) is 0 Å². The number of benzene rings is 1. The summed E-state index contributed by atoms with van der Waals surface area (Å²) in [6.45, 7) is 9.37. The van der Waals surface area contributed by atoms with Crippen LogP contribution in [0.2, 0.25) is 0 Å². The third-order valence-corrected chi connectivity index (χ3v) is 2.25. The topological polar surface area (TPSA) is 56.8 Å². The summed E-state index contributed by atoms with van der Waals surface area (Å²) < 4.78 is 29.6. The number of nitrogens with one attached hydrogen (secondary N) is 1. The molecule has 0 spiro atoms. The monoisotopic (exact) mass is 299 g/mol. The lowest BCUT2D eigenvalue weighted by atomic mass is 10.2. The maximum Gasteiger partial charge on any atom is 0.412 e. The maximum atomic E-state index is 14.0. The van der Waals surface area contributed by atoms with Gasteiger partial charge in [-0.15, -0.1) is 0 Å². The molecule has 0 aliphatic rings. The van der Waals surface area contributed by atoms with E-state index in [1.54, 1.807) is 34.6 Å². The van der Waals surface area contributed by atoms with Crippen molar-refractivity contribution in [2.75, 3.05) is 18.5 Å². The molecule has 0 heterocycles. The molecule has 0 radical (unpaired) electrons. The molecule has 0 aliphatic heterocycles. The molecule has 1 aromatic rings. The second-order valence-corrected chi connectivity index (χ2v) is 5.28. The second kappa shape index (κ2) is 7.15. The summed E-state index contributed by atoms with van der Waals surface area (Å²) in [4.78, 5) is 11.7. The first-order valence-corrected chi connectivity index (χ1v) is 6.86. The fourth-order valence-corrected chi connectivity index (χ4v) is 1.59. The Morgan fingerprint density at radius 2 is 1.62 bits per heavy atom. The van der Waals surface area contributed by atoms with Crippen LogP contribution in [0, 0.1) is 5.82 Å². The number of rotatable bonds is 5. The first-order chi connectivity index (χ1) is 9.76. The Labute approximate surface area is 124 Å². The van der Waals surface area contributed by atoms with E-state index in [0.717, 1.165) is 0 Å². The summed E-state index contributed by atoms with van der Waals surface area (Å²) in [6.07, 6.45) is -0.626. The van der Waals surface area contributed by atoms with E-state index in [9.17, 15) is 9.18 Å². The van der Waals surface area contributed by atoms with E-state index in [-0.39, 0.29) is 11.5 Å². The molecule has 1 amide bonds. The number of carbonyl (C=O) groups excluding carboxylic acids is 1. The zero-order chi connectivity index (χ0) is 16.0. The van der Waals surface area contributed by atoms with Gasteiger partial charge in [-0.1, -0.05) is 0 Å². The van der Waals surface area contributed by atoms with E-state index < -0.39 is 17.5 Å². The molecule has 0 atom stereocenters. The molecule has 0 bridgehead atoms. The Balaban J connectivity index is 2.98. The number of hydrogen-bond donors (Lipinski definition) is 1. The molecular formula is C15H22FNO4. The van der Waals surface area contributed by atoms with Crippen LogP contribution in [-0.4, -0.2) is 24.9 Å². The number of anilines is 1. The van der Waals surface area contributed by atoms with Crippen LogP contribution in [-0.2, 0) is 4.74 Å². The van der Waals surface area contributed by atoms with Gasteiger partial charge in [0.25, 0.3) is 0 Å². The van der Waals surface area contributed by atoms with Crippen LogP contribution in [0.4, 0.5) is 14.9 Å². The minimum atomic E-state index is -0.626. The quantitative estimate of drug-likeness (QED) is 0.893. The lowest BCUT2D eigenvalue weighted by Crippen LogP contribution is -2.27. The number of amides is 1. The molecule has 1 rings (SSSR count). The van der Waals surface area contributed by atoms with Crippen LogP contribution >= 0.6 is 0 Å². The van der Waals surface area contributed by atoms with Gasteiger partial charge in [0.15, 0.2) is 11.5 Å². The van der Waals surface area contributed by atoms with E-state index >= 15 is 0 Å². The molecule has 21 heavy (non-hydrogen) atoms. The summed E-state index contributed by atoms with van der Waals surface area (Å²) in [7, 11) is 0. The van der Waals surface area contributed by atoms with Crippen molar-refractivity contribution in [3.63, 3.8) is 0 Å². The Morgan fingerprint density at radius 1 is 1.14 bits per heavy atom. The van der Waals surface area contributed by atoms with Gasteiger partial charge < -0.3 is 14.2 Å². The highest BCUT2D eigenvalue weighted by molar-refractivity contribution is 5.85. The summed E-state index contributed by atoms with van der Waals surface area (Å²) in [5, 5.41) is 2.54. The van der Waals surface area contributed by atoms with Crippen LogP contribution in [0.5, 0.6) is 11.5 Å². The van der Waals surface area contributed by atoms with Gasteiger partial charge in [0.05, 0.1) is 18.9 Å². The zero-order valence-corrected chi connectivity index (χ0v) is 13.1. The molecular weight excluding hydrogens is 277 g/mol. The van der Waals surface area contributed by atoms with Gasteiger partial charge in [0.2, 0.25) is 5.82 Å². The van der Waals surface area contributed by atoms with Crippen molar-refractivity contribution in [3.05, 3.63) is 17.9 Å². The Bertz CT molecular complexity index is 470. The van der Waals surface area contributed by atoms with Crippen LogP contribution in [0.3, 0.4) is 0 Å². The van der Waals surface area contributed by atoms with Crippen LogP contribution in [0.1, 0.15) is 34.6 Å². The van der Waals surface area contributed by atoms with E-state index in [1.807, 2.05) is 0 Å². The minimum Gasteiger partial charge on any atom is -0.491 e. The van der Waals surface area contributed by atoms with Crippen molar-refractivity contribution in [2.45, 2.75) is 40.2 Å². The van der Waals surface area contributed by atoms with Gasteiger partial charge >= 0.3 is 6.09 Å². The van der Waals surface area contributed by atoms with Gasteiger partial charge in [-0.3, -0.25) is 5.32 Å². The number of halogens is 1. The molecule has 0 saturated carbocycles. The molecule has 0 unspecified atom stereocenters. The average Bonchev–Trinajstić information content (AvgIpc) is 2.33. The number of hydrogen-bond acceptors (Lipinski definition) is 4. The number of carbonyl (C=O) groups is 1. The molecule has 0 fully saturated rings. The molecule has 5 nitrogen and oxygen atoms in total. The zero-order valence-electron chi connectivity index (χ0n) is 13.1. The molecule has 0 aromatic heterocycles. The molecule has 6 heteroatoms. The highest BCUT2D eigenvalue weighted by Crippen LogP contribution is 2.31. The van der Waals surface area contributed by atoms with Crippen molar-refractivity contribution in [3.8, 4) is 11.5 Å². The third-order valence-electron chi connectivity index (χ3n) is 2.25. The van der Waals surface area contributed by atoms with E-state index in [4.69, 9.17) is 14.2 Å². The highest BCUT2D eigenvalue weighted by Gasteiger charge is 2.18. The Hall–Kier alpha value is -1.98. The molecule has 1 aromatic carbocycles. The van der Waals surface area contributed by atoms with Gasteiger partial charge in [0.1, 0.15) is 5.60 Å². The SMILES string of the molecule is CCOc1cc(NC(=O)OC(C)(C)C)cc(OCC)c1F. The normalized spacial score (nSPS) is 11.0. The van der Waals surface area contributed by atoms with Crippen LogP contribution < -0.4 is 14.8 Å². The molecule has 118 valence electrons. The van der Waals surface area contributed by atoms with Crippen molar-refractivity contribution in [2.24, 2.45) is 0 Å². The summed E-state index contributed by atoms with van der Waals surface area (Å²) >= 11 is 0. The molecule has 0 aliphatic carbocycles. The van der Waals surface area contributed by atoms with Crippen LogP contribution in [0.15, 0.2) is 12.1 Å². The van der Waals surface area contributed by atoms with Crippen LogP contribution in [0.25, 0.3) is 0 Å². The highest BCUT2D eigenvalue weighted by atomic mass is 19.1. The van der Waals surface area contributed by atoms with Gasteiger partial charge in [-0.05, 0) is 34.6 Å². The van der Waals surface area contributed by atoms with E-state index in [2.05, 4.69) is 5.32 Å². The average molecular weight is 299 g/mol. The lowest BCUT2D eigenvalue weighted by molar-refractivity contribution is 0.0636. The minimum absolute atomic E-state index is 0.0227. The van der Waals surface area contributed by atoms with E-state index in [1.165, 1.54) is 12.1 Å². The standard InChI is InChI=1S/C15H22FNO4/c1-6-19-11-8-10(9-12(13(11)16)20-7-2)17-14(18)21-15(3,4)5/h8-9H,6-7H2,1-5H3,(H,17,18). The van der Waals surface area contributed by atoms with Gasteiger partial charge in [0, 0.05) is 12.1 Å². The molecule has 0 saturated heterocycles. The fraction of sp³-hybridized carbons (Fsp3) is 0.533. The predicted octanol–water partition coefficient (Wildman–Crippen LogP) is 3.97. The lowest BCUT2D eigenvalue weighted by Gasteiger charge is -2.20. The second-order valence-electron chi connectivity index (χ2n) is 5.28. The van der Waals surface area contributed by atoms with Crippen molar-refractivity contribution in [1.29, 1.82) is 0 Å². The largest absolute Gasteiger partial charge is 0.491 e. The van der Waals surface area contributed by atoms with Gasteiger partial charge in [-0.25, -0.2) is 4.79 Å². The first-order valence-electron chi connectivity index (χ1n) is 6.86. The Morgan fingerprint density at radius 3 is 2.00 bits per heavy atom. The van der Waals surface area contributed by atoms with Crippen molar-refractivity contribution < 1.29 is 23.4 Å². The number of ether oxygens (including phenoxy) is 3. The van der Waals surface area contributed by atoms with Gasteiger partial charge in [-0.2, -0.15) is 4.39 Å². The van der Waals surface area contributed by atoms with Crippen molar-refractivity contribution >= 4 is 11.8 Å². The first kappa shape index (κ1) is 17.1. The summed E-state index contributed by atoms with van der Waals surface area (Å²) in [5.41, 5.74) is -0.271. The maximum absolute atomic E-state index is 14.0. The molecule has 1 N–H and O–H groups in total. The summed E-state index contributed by atoms with van der Waals surface area (Å²) in [5.74, 6) is -0.544. The third kappa shape index (κ3) is 5.49.